The number of sulfonamides is 1. The van der Waals surface area contributed by atoms with Crippen molar-refractivity contribution in [2.75, 3.05) is 33.5 Å². The Morgan fingerprint density at radius 1 is 1.03 bits per heavy atom. The second kappa shape index (κ2) is 10.9. The van der Waals surface area contributed by atoms with E-state index in [9.17, 15) is 18.3 Å². The maximum atomic E-state index is 13.7. The van der Waals surface area contributed by atoms with E-state index >= 15 is 0 Å². The normalized spacial score (nSPS) is 20.7. The molecule has 206 valence electrons. The third kappa shape index (κ3) is 5.32. The fourth-order valence-corrected chi connectivity index (χ4v) is 6.68. The van der Waals surface area contributed by atoms with Crippen LogP contribution in [0.2, 0.25) is 0 Å². The van der Waals surface area contributed by atoms with Crippen molar-refractivity contribution in [1.82, 2.24) is 9.21 Å². The van der Waals surface area contributed by atoms with Crippen molar-refractivity contribution in [2.45, 2.75) is 30.9 Å². The molecule has 1 amide bonds. The second-order valence-electron chi connectivity index (χ2n) is 10.0. The highest BCUT2D eigenvalue weighted by Crippen LogP contribution is 2.37. The molecule has 0 saturated carbocycles. The number of aliphatic hydroxyl groups excluding tert-OH is 1. The monoisotopic (exact) mass is 552 g/mol. The Kier molecular flexibility index (Phi) is 7.53. The summed E-state index contributed by atoms with van der Waals surface area (Å²) in [4.78, 5) is 14.9. The molecule has 0 radical (unpaired) electrons. The molecular weight excluding hydrogens is 520 g/mol. The minimum atomic E-state index is -3.96. The van der Waals surface area contributed by atoms with Gasteiger partial charge in [-0.3, -0.25) is 4.79 Å². The molecule has 2 aliphatic rings. The smallest absolute Gasteiger partial charge is 0.253 e. The number of amides is 1. The molecule has 0 saturated heterocycles. The van der Waals surface area contributed by atoms with Crippen LogP contribution in [0.25, 0.3) is 11.1 Å². The molecule has 0 spiro atoms. The number of rotatable bonds is 6. The maximum Gasteiger partial charge on any atom is 0.253 e. The number of benzene rings is 3. The fraction of sp³-hybridized carbons (Fsp3) is 0.345. The van der Waals surface area contributed by atoms with Crippen LogP contribution in [-0.4, -0.2) is 74.3 Å². The fourth-order valence-electron chi connectivity index (χ4n) is 4.86. The number of likely N-dealkylation sites (N-methyl/N-ethyl adjacent to an activating group) is 1. The van der Waals surface area contributed by atoms with Crippen molar-refractivity contribution < 1.29 is 32.5 Å². The van der Waals surface area contributed by atoms with Crippen LogP contribution in [-0.2, 0) is 10.0 Å². The molecule has 0 fully saturated rings. The van der Waals surface area contributed by atoms with Gasteiger partial charge < -0.3 is 24.2 Å². The highest BCUT2D eigenvalue weighted by molar-refractivity contribution is 7.89. The van der Waals surface area contributed by atoms with Gasteiger partial charge in [0.15, 0.2) is 11.5 Å². The Bertz CT molecular complexity index is 1460. The molecule has 3 aromatic carbocycles. The van der Waals surface area contributed by atoms with Crippen LogP contribution in [0.4, 0.5) is 0 Å². The molecular formula is C29H32N2O7S. The largest absolute Gasteiger partial charge is 0.487 e. The summed E-state index contributed by atoms with van der Waals surface area (Å²) >= 11 is 0. The molecule has 3 aromatic rings. The third-order valence-corrected chi connectivity index (χ3v) is 9.21. The van der Waals surface area contributed by atoms with Crippen molar-refractivity contribution >= 4 is 15.9 Å². The van der Waals surface area contributed by atoms with Crippen LogP contribution in [0.1, 0.15) is 24.2 Å². The first-order valence-corrected chi connectivity index (χ1v) is 14.3. The molecule has 9 nitrogen and oxygen atoms in total. The van der Waals surface area contributed by atoms with E-state index in [2.05, 4.69) is 0 Å². The molecule has 39 heavy (non-hydrogen) atoms. The average molecular weight is 553 g/mol. The van der Waals surface area contributed by atoms with Gasteiger partial charge in [0.2, 0.25) is 16.8 Å². The maximum absolute atomic E-state index is 13.7. The molecule has 3 atom stereocenters. The molecule has 0 aliphatic carbocycles. The van der Waals surface area contributed by atoms with Crippen LogP contribution >= 0.6 is 0 Å². The zero-order valence-electron chi connectivity index (χ0n) is 22.1. The lowest BCUT2D eigenvalue weighted by Gasteiger charge is -2.37. The van der Waals surface area contributed by atoms with Gasteiger partial charge in [0.25, 0.3) is 5.91 Å². The highest BCUT2D eigenvalue weighted by atomic mass is 32.2. The quantitative estimate of drug-likeness (QED) is 0.498. The highest BCUT2D eigenvalue weighted by Gasteiger charge is 2.38. The van der Waals surface area contributed by atoms with Gasteiger partial charge in [-0.2, -0.15) is 4.31 Å². The van der Waals surface area contributed by atoms with Crippen molar-refractivity contribution in [1.29, 1.82) is 0 Å². The standard InChI is InChI=1S/C29H32N2O7S/c1-19-15-31(20(2)17-32)39(34,35)28-12-10-22(21-7-5-4-6-8-21)13-26(28)38-27(19)16-30(3)29(33)23-9-11-24-25(14-23)37-18-36-24/h4-14,19-20,27,32H,15-18H2,1-3H3/t19-,20+,27-/m0/s1. The molecule has 10 heteroatoms. The number of nitrogens with zero attached hydrogens (tertiary/aromatic N) is 2. The topological polar surface area (TPSA) is 106 Å². The van der Waals surface area contributed by atoms with Crippen molar-refractivity contribution in [3.05, 3.63) is 72.3 Å². The molecule has 2 aliphatic heterocycles. The van der Waals surface area contributed by atoms with E-state index in [1.807, 2.05) is 37.3 Å². The van der Waals surface area contributed by atoms with E-state index in [1.54, 1.807) is 55.3 Å². The average Bonchev–Trinajstić information content (AvgIpc) is 3.42. The van der Waals surface area contributed by atoms with Crippen LogP contribution in [0.15, 0.2) is 71.6 Å². The van der Waals surface area contributed by atoms with Gasteiger partial charge in [-0.05, 0) is 48.4 Å². The summed E-state index contributed by atoms with van der Waals surface area (Å²) in [7, 11) is -2.27. The minimum absolute atomic E-state index is 0.0316. The number of hydrogen-bond acceptors (Lipinski definition) is 7. The van der Waals surface area contributed by atoms with E-state index < -0.39 is 22.2 Å². The van der Waals surface area contributed by atoms with Crippen LogP contribution in [0, 0.1) is 5.92 Å². The summed E-state index contributed by atoms with van der Waals surface area (Å²) in [6.45, 7) is 3.70. The minimum Gasteiger partial charge on any atom is -0.487 e. The van der Waals surface area contributed by atoms with Gasteiger partial charge in [-0.15, -0.1) is 0 Å². The van der Waals surface area contributed by atoms with Crippen molar-refractivity contribution in [2.24, 2.45) is 5.92 Å². The Balaban J connectivity index is 1.49. The molecule has 0 unspecified atom stereocenters. The van der Waals surface area contributed by atoms with E-state index in [4.69, 9.17) is 14.2 Å². The van der Waals surface area contributed by atoms with Gasteiger partial charge in [0.05, 0.1) is 13.2 Å². The summed E-state index contributed by atoms with van der Waals surface area (Å²) < 4.78 is 46.0. The Morgan fingerprint density at radius 2 is 1.77 bits per heavy atom. The summed E-state index contributed by atoms with van der Waals surface area (Å²) in [5.41, 5.74) is 2.18. The lowest BCUT2D eigenvalue weighted by molar-refractivity contribution is 0.0563. The predicted octanol–water partition coefficient (Wildman–Crippen LogP) is 3.62. The number of fused-ring (bicyclic) bond motifs is 2. The number of carbonyl (C=O) groups is 1. The second-order valence-corrected chi connectivity index (χ2v) is 11.9. The number of aliphatic hydroxyl groups is 1. The first-order valence-electron chi connectivity index (χ1n) is 12.8. The van der Waals surface area contributed by atoms with Gasteiger partial charge in [-0.1, -0.05) is 43.3 Å². The lowest BCUT2D eigenvalue weighted by atomic mass is 10.0. The summed E-state index contributed by atoms with van der Waals surface area (Å²) in [5.74, 6) is 0.807. The van der Waals surface area contributed by atoms with Gasteiger partial charge in [0, 0.05) is 31.1 Å². The van der Waals surface area contributed by atoms with Crippen molar-refractivity contribution in [3.8, 4) is 28.4 Å². The zero-order valence-corrected chi connectivity index (χ0v) is 22.9. The summed E-state index contributed by atoms with van der Waals surface area (Å²) in [5, 5.41) is 9.88. The molecule has 2 heterocycles. The first-order chi connectivity index (χ1) is 18.7. The first kappa shape index (κ1) is 27.0. The molecule has 0 bridgehead atoms. The Hall–Kier alpha value is -3.60. The van der Waals surface area contributed by atoms with Gasteiger partial charge in [-0.25, -0.2) is 8.42 Å². The molecule has 0 aromatic heterocycles. The van der Waals surface area contributed by atoms with Gasteiger partial charge >= 0.3 is 0 Å². The lowest BCUT2D eigenvalue weighted by Crippen LogP contribution is -2.50. The van der Waals surface area contributed by atoms with Crippen LogP contribution < -0.4 is 14.2 Å². The molecule has 1 N–H and O–H groups in total. The predicted molar refractivity (Wildman–Crippen MR) is 145 cm³/mol. The zero-order chi connectivity index (χ0) is 27.7. The summed E-state index contributed by atoms with van der Waals surface area (Å²) in [6, 6.07) is 19.1. The van der Waals surface area contributed by atoms with E-state index in [-0.39, 0.29) is 49.0 Å². The third-order valence-electron chi connectivity index (χ3n) is 7.19. The number of carbonyl (C=O) groups excluding carboxylic acids is 1. The van der Waals surface area contributed by atoms with E-state index in [0.717, 1.165) is 11.1 Å². The van der Waals surface area contributed by atoms with Crippen LogP contribution in [0.5, 0.6) is 17.2 Å². The summed E-state index contributed by atoms with van der Waals surface area (Å²) in [6.07, 6.45) is -0.526. The Labute approximate surface area is 228 Å². The van der Waals surface area contributed by atoms with E-state index in [1.165, 1.54) is 4.31 Å². The van der Waals surface area contributed by atoms with Crippen LogP contribution in [0.3, 0.4) is 0 Å². The van der Waals surface area contributed by atoms with Gasteiger partial charge in [0.1, 0.15) is 16.7 Å². The molecule has 5 rings (SSSR count). The number of hydrogen-bond donors (Lipinski definition) is 1. The van der Waals surface area contributed by atoms with Crippen molar-refractivity contribution in [3.63, 3.8) is 0 Å². The number of ether oxygens (including phenoxy) is 3. The SMILES string of the molecule is C[C@H](CO)N1C[C@H](C)[C@H](CN(C)C(=O)c2ccc3c(c2)OCO3)Oc2cc(-c3ccccc3)ccc2S1(=O)=O. The Morgan fingerprint density at radius 3 is 2.51 bits per heavy atom. The van der Waals surface area contributed by atoms with E-state index in [0.29, 0.717) is 17.1 Å².